The molecule has 2 saturated heterocycles. The Hall–Kier alpha value is -2.33. The minimum atomic E-state index is -3.49. The van der Waals surface area contributed by atoms with Crippen LogP contribution in [-0.2, 0) is 27.7 Å². The van der Waals surface area contributed by atoms with Crippen LogP contribution in [0.5, 0.6) is 0 Å². The number of ether oxygens (including phenoxy) is 1. The Morgan fingerprint density at radius 3 is 2.41 bits per heavy atom. The standard InChI is InChI=1S/C31H41N3O4S/c1-31(2,21-25-9-12-26-6-3-4-7-27(26)20-25)32-22-30(35)29-8-5-15-33(29)23-24-10-13-28(14-11-24)39(36,37)34-16-18-38-19-17-34/h3-4,6-7,9-14,20,29-30,32,35H,5,8,15-19,21-23H2,1-2H3/t29-,30-/m1/s1. The van der Waals surface area contributed by atoms with E-state index >= 15 is 0 Å². The zero-order chi connectivity index (χ0) is 27.5. The van der Waals surface area contributed by atoms with Gasteiger partial charge in [-0.1, -0.05) is 54.6 Å². The molecule has 0 unspecified atom stereocenters. The van der Waals surface area contributed by atoms with Crippen molar-refractivity contribution < 1.29 is 18.3 Å². The first-order chi connectivity index (χ1) is 18.7. The predicted molar refractivity (Wildman–Crippen MR) is 155 cm³/mol. The number of hydrogen-bond donors (Lipinski definition) is 2. The molecule has 0 amide bonds. The summed E-state index contributed by atoms with van der Waals surface area (Å²) in [5.41, 5.74) is 2.18. The van der Waals surface area contributed by atoms with Crippen molar-refractivity contribution >= 4 is 20.8 Å². The molecule has 0 radical (unpaired) electrons. The third-order valence-corrected chi connectivity index (χ3v) is 9.94. The number of aliphatic hydroxyl groups is 1. The van der Waals surface area contributed by atoms with Crippen LogP contribution in [0.1, 0.15) is 37.8 Å². The van der Waals surface area contributed by atoms with E-state index in [4.69, 9.17) is 4.74 Å². The summed E-state index contributed by atoms with van der Waals surface area (Å²) in [7, 11) is -3.49. The Morgan fingerprint density at radius 2 is 1.67 bits per heavy atom. The maximum Gasteiger partial charge on any atom is 0.243 e. The molecule has 0 spiro atoms. The Kier molecular flexibility index (Phi) is 8.71. The average molecular weight is 552 g/mol. The summed E-state index contributed by atoms with van der Waals surface area (Å²) in [6.07, 6.45) is 2.39. The molecule has 8 heteroatoms. The number of rotatable bonds is 10. The van der Waals surface area contributed by atoms with E-state index in [0.717, 1.165) is 31.4 Å². The first-order valence-electron chi connectivity index (χ1n) is 14.0. The van der Waals surface area contributed by atoms with Gasteiger partial charge >= 0.3 is 0 Å². The third-order valence-electron chi connectivity index (χ3n) is 8.02. The molecule has 5 rings (SSSR count). The van der Waals surface area contributed by atoms with Crippen LogP contribution in [0.15, 0.2) is 71.6 Å². The number of benzene rings is 3. The Bertz CT molecular complexity index is 1350. The molecule has 3 aromatic rings. The molecular formula is C31H41N3O4S. The maximum absolute atomic E-state index is 12.9. The van der Waals surface area contributed by atoms with Crippen LogP contribution < -0.4 is 5.32 Å². The van der Waals surface area contributed by atoms with Gasteiger partial charge in [-0.3, -0.25) is 4.90 Å². The molecule has 210 valence electrons. The number of aliphatic hydroxyl groups excluding tert-OH is 1. The summed E-state index contributed by atoms with van der Waals surface area (Å²) in [4.78, 5) is 2.65. The second kappa shape index (κ2) is 12.0. The van der Waals surface area contributed by atoms with E-state index in [1.54, 1.807) is 12.1 Å². The van der Waals surface area contributed by atoms with Gasteiger partial charge in [-0.2, -0.15) is 4.31 Å². The van der Waals surface area contributed by atoms with E-state index in [0.29, 0.717) is 44.3 Å². The fourth-order valence-corrected chi connectivity index (χ4v) is 7.27. The lowest BCUT2D eigenvalue weighted by atomic mass is 9.93. The molecule has 2 aliphatic heterocycles. The van der Waals surface area contributed by atoms with Crippen LogP contribution in [0, 0.1) is 0 Å². The summed E-state index contributed by atoms with van der Waals surface area (Å²) in [5.74, 6) is 0. The summed E-state index contributed by atoms with van der Waals surface area (Å²) in [5, 5.41) is 17.3. The third kappa shape index (κ3) is 6.88. The summed E-state index contributed by atoms with van der Waals surface area (Å²) >= 11 is 0. The zero-order valence-electron chi connectivity index (χ0n) is 23.1. The second-order valence-corrected chi connectivity index (χ2v) is 13.5. The number of nitrogens with one attached hydrogen (secondary N) is 1. The highest BCUT2D eigenvalue weighted by atomic mass is 32.2. The van der Waals surface area contributed by atoms with Gasteiger partial charge in [0, 0.05) is 37.8 Å². The van der Waals surface area contributed by atoms with Gasteiger partial charge in [-0.05, 0) is 73.7 Å². The summed E-state index contributed by atoms with van der Waals surface area (Å²) < 4.78 is 32.6. The van der Waals surface area contributed by atoms with Crippen molar-refractivity contribution in [1.29, 1.82) is 0 Å². The van der Waals surface area contributed by atoms with Crippen molar-refractivity contribution in [1.82, 2.24) is 14.5 Å². The van der Waals surface area contributed by atoms with E-state index in [1.165, 1.54) is 20.6 Å². The van der Waals surface area contributed by atoms with Crippen LogP contribution >= 0.6 is 0 Å². The monoisotopic (exact) mass is 551 g/mol. The number of fused-ring (bicyclic) bond motifs is 1. The van der Waals surface area contributed by atoms with Gasteiger partial charge < -0.3 is 15.2 Å². The smallest absolute Gasteiger partial charge is 0.243 e. The topological polar surface area (TPSA) is 82.1 Å². The largest absolute Gasteiger partial charge is 0.390 e. The SMILES string of the molecule is CC(C)(Cc1ccc2ccccc2c1)NC[C@@H](O)[C@H]1CCCN1Cc1ccc(S(=O)(=O)N2CCOCC2)cc1. The van der Waals surface area contributed by atoms with Crippen LogP contribution in [0.25, 0.3) is 10.8 Å². The van der Waals surface area contributed by atoms with Gasteiger partial charge in [0.25, 0.3) is 0 Å². The van der Waals surface area contributed by atoms with Crippen LogP contribution in [0.2, 0.25) is 0 Å². The lowest BCUT2D eigenvalue weighted by molar-refractivity contribution is 0.0633. The highest BCUT2D eigenvalue weighted by Gasteiger charge is 2.32. The predicted octanol–water partition coefficient (Wildman–Crippen LogP) is 3.80. The molecule has 0 saturated carbocycles. The molecule has 3 aromatic carbocycles. The highest BCUT2D eigenvalue weighted by molar-refractivity contribution is 7.89. The fraction of sp³-hybridized carbons (Fsp3) is 0.484. The van der Waals surface area contributed by atoms with Crippen LogP contribution in [-0.4, -0.2) is 79.8 Å². The first-order valence-corrected chi connectivity index (χ1v) is 15.5. The van der Waals surface area contributed by atoms with Crippen molar-refractivity contribution in [3.8, 4) is 0 Å². The molecule has 0 bridgehead atoms. The van der Waals surface area contributed by atoms with Gasteiger partial charge in [0.15, 0.2) is 0 Å². The maximum atomic E-state index is 12.9. The number of nitrogens with zero attached hydrogens (tertiary/aromatic N) is 2. The molecule has 2 heterocycles. The van der Waals surface area contributed by atoms with Gasteiger partial charge in [0.2, 0.25) is 10.0 Å². The normalized spacial score (nSPS) is 20.4. The lowest BCUT2D eigenvalue weighted by Gasteiger charge is -2.33. The number of β-amino-alcohol motifs (C(OH)–C–C–N with tert-alkyl or cyclic N) is 1. The van der Waals surface area contributed by atoms with Crippen molar-refractivity contribution in [2.45, 2.75) is 62.2 Å². The minimum absolute atomic E-state index is 0.0747. The van der Waals surface area contributed by atoms with E-state index in [2.05, 4.69) is 66.5 Å². The molecule has 2 atom stereocenters. The fourth-order valence-electron chi connectivity index (χ4n) is 5.86. The molecule has 0 aromatic heterocycles. The van der Waals surface area contributed by atoms with Gasteiger partial charge in [0.05, 0.1) is 24.2 Å². The second-order valence-electron chi connectivity index (χ2n) is 11.5. The quantitative estimate of drug-likeness (QED) is 0.399. The minimum Gasteiger partial charge on any atom is -0.390 e. The number of sulfonamides is 1. The molecule has 2 fully saturated rings. The lowest BCUT2D eigenvalue weighted by Crippen LogP contribution is -2.50. The van der Waals surface area contributed by atoms with Crippen LogP contribution in [0.3, 0.4) is 0 Å². The van der Waals surface area contributed by atoms with E-state index in [1.807, 2.05) is 12.1 Å². The molecule has 0 aliphatic carbocycles. The molecule has 2 N–H and O–H groups in total. The molecule has 2 aliphatic rings. The Balaban J connectivity index is 1.16. The van der Waals surface area contributed by atoms with Crippen molar-refractivity contribution in [2.75, 3.05) is 39.4 Å². The molecule has 39 heavy (non-hydrogen) atoms. The van der Waals surface area contributed by atoms with Crippen molar-refractivity contribution in [3.05, 3.63) is 77.9 Å². The van der Waals surface area contributed by atoms with Gasteiger partial charge in [-0.25, -0.2) is 8.42 Å². The summed E-state index contributed by atoms with van der Waals surface area (Å²) in [6.45, 7) is 8.18. The van der Waals surface area contributed by atoms with E-state index in [-0.39, 0.29) is 11.6 Å². The van der Waals surface area contributed by atoms with Gasteiger partial charge in [-0.15, -0.1) is 0 Å². The van der Waals surface area contributed by atoms with E-state index < -0.39 is 16.1 Å². The Labute approximate surface area is 232 Å². The van der Waals surface area contributed by atoms with Gasteiger partial charge in [0.1, 0.15) is 0 Å². The van der Waals surface area contributed by atoms with Crippen molar-refractivity contribution in [2.24, 2.45) is 0 Å². The molecule has 7 nitrogen and oxygen atoms in total. The van der Waals surface area contributed by atoms with Crippen molar-refractivity contribution in [3.63, 3.8) is 0 Å². The highest BCUT2D eigenvalue weighted by Crippen LogP contribution is 2.25. The van der Waals surface area contributed by atoms with E-state index in [9.17, 15) is 13.5 Å². The Morgan fingerprint density at radius 1 is 0.974 bits per heavy atom. The number of hydrogen-bond acceptors (Lipinski definition) is 6. The average Bonchev–Trinajstić information content (AvgIpc) is 3.40. The zero-order valence-corrected chi connectivity index (χ0v) is 23.9. The number of likely N-dealkylation sites (tertiary alicyclic amines) is 1. The summed E-state index contributed by atoms with van der Waals surface area (Å²) in [6, 6.07) is 22.3. The van der Waals surface area contributed by atoms with Crippen LogP contribution in [0.4, 0.5) is 0 Å². The molecular weight excluding hydrogens is 510 g/mol. The first kappa shape index (κ1) is 28.2. The number of morpholine rings is 1.